The van der Waals surface area contributed by atoms with Gasteiger partial charge < -0.3 is 19.7 Å². The summed E-state index contributed by atoms with van der Waals surface area (Å²) in [5.74, 6) is -0.354. The molecule has 3 rings (SSSR count). The van der Waals surface area contributed by atoms with Crippen LogP contribution in [0.3, 0.4) is 0 Å². The summed E-state index contributed by atoms with van der Waals surface area (Å²) < 4.78 is 10.5. The number of anilines is 1. The Kier molecular flexibility index (Phi) is 5.63. The highest BCUT2D eigenvalue weighted by Crippen LogP contribution is 2.38. The summed E-state index contributed by atoms with van der Waals surface area (Å²) in [6, 6.07) is 5.96. The van der Waals surface area contributed by atoms with Crippen LogP contribution < -0.4 is 5.32 Å². The van der Waals surface area contributed by atoms with Gasteiger partial charge in [0.1, 0.15) is 5.60 Å². The van der Waals surface area contributed by atoms with Gasteiger partial charge in [-0.05, 0) is 70.6 Å². The van der Waals surface area contributed by atoms with Crippen LogP contribution in [0.1, 0.15) is 74.8 Å². The first-order chi connectivity index (χ1) is 12.8. The largest absolute Gasteiger partial charge is 0.465 e. The summed E-state index contributed by atoms with van der Waals surface area (Å²) in [4.78, 5) is 26.6. The predicted octanol–water partition coefficient (Wildman–Crippen LogP) is 4.51. The van der Waals surface area contributed by atoms with Crippen LogP contribution in [0.4, 0.5) is 10.5 Å². The quantitative estimate of drug-likeness (QED) is 0.786. The number of ether oxygens (including phenoxy) is 2. The van der Waals surface area contributed by atoms with Crippen LogP contribution in [0.25, 0.3) is 0 Å². The van der Waals surface area contributed by atoms with Crippen molar-refractivity contribution >= 4 is 17.7 Å². The SMILES string of the molecule is COC(=O)c1ccc(C2CCCCN2C(=O)OC(C)(C)C)c(NC2CC2)c1. The molecule has 27 heavy (non-hydrogen) atoms. The highest BCUT2D eigenvalue weighted by molar-refractivity contribution is 5.91. The van der Waals surface area contributed by atoms with Crippen molar-refractivity contribution in [3.63, 3.8) is 0 Å². The van der Waals surface area contributed by atoms with Crippen molar-refractivity contribution in [3.8, 4) is 0 Å². The van der Waals surface area contributed by atoms with Crippen molar-refractivity contribution in [2.45, 2.75) is 70.6 Å². The molecule has 2 fully saturated rings. The molecule has 1 aromatic carbocycles. The van der Waals surface area contributed by atoms with Gasteiger partial charge >= 0.3 is 12.1 Å². The fourth-order valence-electron chi connectivity index (χ4n) is 3.46. The third-order valence-electron chi connectivity index (χ3n) is 4.90. The molecular weight excluding hydrogens is 344 g/mol. The van der Waals surface area contributed by atoms with Crippen molar-refractivity contribution in [2.24, 2.45) is 0 Å². The Morgan fingerprint density at radius 3 is 2.52 bits per heavy atom. The zero-order valence-corrected chi connectivity index (χ0v) is 16.7. The number of hydrogen-bond acceptors (Lipinski definition) is 5. The topological polar surface area (TPSA) is 67.9 Å². The molecule has 1 atom stereocenters. The summed E-state index contributed by atoms with van der Waals surface area (Å²) in [5.41, 5.74) is 1.95. The second kappa shape index (κ2) is 7.79. The molecule has 2 aliphatic rings. The Bertz CT molecular complexity index is 707. The van der Waals surface area contributed by atoms with Gasteiger partial charge in [0.2, 0.25) is 0 Å². The van der Waals surface area contributed by atoms with E-state index < -0.39 is 5.60 Å². The number of hydrogen-bond donors (Lipinski definition) is 1. The van der Waals surface area contributed by atoms with E-state index in [4.69, 9.17) is 9.47 Å². The molecule has 1 saturated heterocycles. The molecule has 1 heterocycles. The van der Waals surface area contributed by atoms with Crippen LogP contribution in [0.2, 0.25) is 0 Å². The van der Waals surface area contributed by atoms with Gasteiger partial charge in [0.15, 0.2) is 0 Å². The Labute approximate surface area is 161 Å². The van der Waals surface area contributed by atoms with E-state index in [1.54, 1.807) is 6.07 Å². The zero-order chi connectivity index (χ0) is 19.6. The van der Waals surface area contributed by atoms with Gasteiger partial charge in [-0.2, -0.15) is 0 Å². The van der Waals surface area contributed by atoms with Crippen LogP contribution in [-0.4, -0.2) is 42.3 Å². The number of likely N-dealkylation sites (tertiary alicyclic amines) is 1. The van der Waals surface area contributed by atoms with Crippen molar-refractivity contribution in [3.05, 3.63) is 29.3 Å². The van der Waals surface area contributed by atoms with E-state index in [2.05, 4.69) is 5.32 Å². The number of amides is 1. The van der Waals surface area contributed by atoms with Crippen LogP contribution in [0.5, 0.6) is 0 Å². The number of carbonyl (C=O) groups is 2. The number of methoxy groups -OCH3 is 1. The minimum absolute atomic E-state index is 0.0541. The predicted molar refractivity (Wildman–Crippen MR) is 104 cm³/mol. The summed E-state index contributed by atoms with van der Waals surface area (Å²) in [7, 11) is 1.38. The fraction of sp³-hybridized carbons (Fsp3) is 0.619. The van der Waals surface area contributed by atoms with Crippen LogP contribution in [0.15, 0.2) is 18.2 Å². The van der Waals surface area contributed by atoms with Gasteiger partial charge in [0.05, 0.1) is 18.7 Å². The van der Waals surface area contributed by atoms with E-state index in [1.165, 1.54) is 7.11 Å². The summed E-state index contributed by atoms with van der Waals surface area (Å²) in [6.07, 6.45) is 4.90. The molecule has 1 aliphatic carbocycles. The molecule has 6 heteroatoms. The third kappa shape index (κ3) is 4.93. The van der Waals surface area contributed by atoms with E-state index in [0.29, 0.717) is 18.2 Å². The molecule has 6 nitrogen and oxygen atoms in total. The molecule has 1 N–H and O–H groups in total. The monoisotopic (exact) mass is 374 g/mol. The number of piperidine rings is 1. The fourth-order valence-corrected chi connectivity index (χ4v) is 3.46. The second-order valence-corrected chi connectivity index (χ2v) is 8.40. The Morgan fingerprint density at radius 1 is 1.15 bits per heavy atom. The summed E-state index contributed by atoms with van der Waals surface area (Å²) in [5, 5.41) is 3.52. The van der Waals surface area contributed by atoms with Crippen molar-refractivity contribution in [1.29, 1.82) is 0 Å². The number of carbonyl (C=O) groups excluding carboxylic acids is 2. The molecule has 1 amide bonds. The molecule has 1 saturated carbocycles. The first-order valence-corrected chi connectivity index (χ1v) is 9.77. The van der Waals surface area contributed by atoms with E-state index >= 15 is 0 Å². The van der Waals surface area contributed by atoms with Crippen molar-refractivity contribution < 1.29 is 19.1 Å². The maximum Gasteiger partial charge on any atom is 0.410 e. The molecule has 1 aromatic rings. The molecule has 1 aliphatic heterocycles. The first kappa shape index (κ1) is 19.5. The minimum atomic E-state index is -0.525. The second-order valence-electron chi connectivity index (χ2n) is 8.40. The number of esters is 1. The van der Waals surface area contributed by atoms with Gasteiger partial charge in [-0.3, -0.25) is 0 Å². The number of nitrogens with zero attached hydrogens (tertiary/aromatic N) is 1. The molecule has 1 unspecified atom stereocenters. The molecule has 148 valence electrons. The van der Waals surface area contributed by atoms with E-state index in [0.717, 1.165) is 43.4 Å². The van der Waals surface area contributed by atoms with E-state index in [-0.39, 0.29) is 18.1 Å². The maximum absolute atomic E-state index is 12.8. The average Bonchev–Trinajstić information content (AvgIpc) is 3.43. The van der Waals surface area contributed by atoms with Gasteiger partial charge in [0.25, 0.3) is 0 Å². The number of rotatable bonds is 4. The Hall–Kier alpha value is -2.24. The lowest BCUT2D eigenvalue weighted by Gasteiger charge is -2.38. The van der Waals surface area contributed by atoms with E-state index in [9.17, 15) is 9.59 Å². The van der Waals surface area contributed by atoms with Gasteiger partial charge in [-0.1, -0.05) is 6.07 Å². The highest BCUT2D eigenvalue weighted by Gasteiger charge is 2.33. The molecule has 0 aromatic heterocycles. The van der Waals surface area contributed by atoms with Gasteiger partial charge in [0, 0.05) is 18.3 Å². The summed E-state index contributed by atoms with van der Waals surface area (Å²) >= 11 is 0. The zero-order valence-electron chi connectivity index (χ0n) is 16.7. The molecular formula is C21H30N2O4. The lowest BCUT2D eigenvalue weighted by Crippen LogP contribution is -2.42. The smallest absolute Gasteiger partial charge is 0.410 e. The Balaban J connectivity index is 1.91. The van der Waals surface area contributed by atoms with Crippen LogP contribution in [0, 0.1) is 0 Å². The number of nitrogens with one attached hydrogen (secondary N) is 1. The average molecular weight is 374 g/mol. The lowest BCUT2D eigenvalue weighted by molar-refractivity contribution is 0.00956. The standard InChI is InChI=1S/C21H30N2O4/c1-21(2,3)27-20(25)23-12-6-5-7-18(23)16-11-8-14(19(24)26-4)13-17(16)22-15-9-10-15/h8,11,13,15,18,22H,5-7,9-10,12H2,1-4H3. The lowest BCUT2D eigenvalue weighted by atomic mass is 9.93. The third-order valence-corrected chi connectivity index (χ3v) is 4.90. The van der Waals surface area contributed by atoms with Gasteiger partial charge in [-0.15, -0.1) is 0 Å². The highest BCUT2D eigenvalue weighted by atomic mass is 16.6. The maximum atomic E-state index is 12.8. The van der Waals surface area contributed by atoms with Gasteiger partial charge in [-0.25, -0.2) is 9.59 Å². The molecule has 0 radical (unpaired) electrons. The summed E-state index contributed by atoms with van der Waals surface area (Å²) in [6.45, 7) is 6.33. The normalized spacial score (nSPS) is 20.1. The Morgan fingerprint density at radius 2 is 1.89 bits per heavy atom. The minimum Gasteiger partial charge on any atom is -0.465 e. The van der Waals surface area contributed by atoms with E-state index in [1.807, 2.05) is 37.8 Å². The molecule has 0 bridgehead atoms. The van der Waals surface area contributed by atoms with Crippen LogP contribution >= 0.6 is 0 Å². The molecule has 0 spiro atoms. The van der Waals surface area contributed by atoms with Crippen LogP contribution in [-0.2, 0) is 9.47 Å². The van der Waals surface area contributed by atoms with Crippen molar-refractivity contribution in [2.75, 3.05) is 19.0 Å². The van der Waals surface area contributed by atoms with Crippen molar-refractivity contribution in [1.82, 2.24) is 4.90 Å². The number of benzene rings is 1. The first-order valence-electron chi connectivity index (χ1n) is 9.77.